The third kappa shape index (κ3) is 3.95. The second kappa shape index (κ2) is 6.18. The molecule has 0 aliphatic heterocycles. The van der Waals surface area contributed by atoms with Crippen LogP contribution < -0.4 is 10.1 Å². The summed E-state index contributed by atoms with van der Waals surface area (Å²) in [6.07, 6.45) is 1.08. The second-order valence-electron chi connectivity index (χ2n) is 3.25. The van der Waals surface area contributed by atoms with E-state index in [1.54, 1.807) is 37.3 Å². The highest BCUT2D eigenvalue weighted by Crippen LogP contribution is 2.16. The largest absolute Gasteiger partial charge is 0.481 e. The molecule has 0 aliphatic rings. The van der Waals surface area contributed by atoms with Crippen LogP contribution in [0.3, 0.4) is 0 Å². The predicted octanol–water partition coefficient (Wildman–Crippen LogP) is 2.41. The summed E-state index contributed by atoms with van der Waals surface area (Å²) < 4.78 is 5.42. The number of ether oxygens (including phenoxy) is 1. The van der Waals surface area contributed by atoms with Crippen molar-refractivity contribution in [2.24, 2.45) is 0 Å². The Hall–Kier alpha value is -1.48. The van der Waals surface area contributed by atoms with E-state index in [0.717, 1.165) is 0 Å². The van der Waals surface area contributed by atoms with Crippen molar-refractivity contribution in [3.8, 4) is 5.75 Å². The van der Waals surface area contributed by atoms with E-state index in [1.807, 2.05) is 0 Å². The number of nitrogens with one attached hydrogen (secondary N) is 1. The van der Waals surface area contributed by atoms with E-state index >= 15 is 0 Å². The van der Waals surface area contributed by atoms with Crippen LogP contribution in [0, 0.1) is 0 Å². The molecule has 0 heterocycles. The van der Waals surface area contributed by atoms with Crippen LogP contribution in [0.2, 0.25) is 5.02 Å². The van der Waals surface area contributed by atoms with Crippen molar-refractivity contribution in [3.05, 3.63) is 41.9 Å². The van der Waals surface area contributed by atoms with Crippen LogP contribution in [0.25, 0.3) is 0 Å². The van der Waals surface area contributed by atoms with Gasteiger partial charge in [0.25, 0.3) is 5.91 Å². The fourth-order valence-corrected chi connectivity index (χ4v) is 1.21. The molecule has 16 heavy (non-hydrogen) atoms. The first-order chi connectivity index (χ1) is 7.63. The summed E-state index contributed by atoms with van der Waals surface area (Å²) in [5.41, 5.74) is 0. The summed E-state index contributed by atoms with van der Waals surface area (Å²) in [5, 5.41) is 3.29. The van der Waals surface area contributed by atoms with Gasteiger partial charge in [-0.15, -0.1) is 6.58 Å². The van der Waals surface area contributed by atoms with Gasteiger partial charge in [0.2, 0.25) is 0 Å². The summed E-state index contributed by atoms with van der Waals surface area (Å²) in [6.45, 7) is 5.64. The van der Waals surface area contributed by atoms with Gasteiger partial charge >= 0.3 is 0 Å². The lowest BCUT2D eigenvalue weighted by Gasteiger charge is -2.13. The molecule has 3 nitrogen and oxygen atoms in total. The molecule has 86 valence electrons. The fraction of sp³-hybridized carbons (Fsp3) is 0.250. The molecule has 0 saturated carbocycles. The molecule has 1 aromatic rings. The van der Waals surface area contributed by atoms with Gasteiger partial charge in [-0.05, 0) is 31.2 Å². The zero-order chi connectivity index (χ0) is 12.0. The van der Waals surface area contributed by atoms with Crippen molar-refractivity contribution in [1.29, 1.82) is 0 Å². The first-order valence-corrected chi connectivity index (χ1v) is 5.32. The Balaban J connectivity index is 2.50. The van der Waals surface area contributed by atoms with Gasteiger partial charge in [0, 0.05) is 11.6 Å². The maximum atomic E-state index is 11.5. The van der Waals surface area contributed by atoms with E-state index < -0.39 is 6.10 Å². The zero-order valence-electron chi connectivity index (χ0n) is 9.07. The van der Waals surface area contributed by atoms with Crippen molar-refractivity contribution >= 4 is 17.5 Å². The minimum atomic E-state index is -0.541. The topological polar surface area (TPSA) is 38.3 Å². The highest BCUT2D eigenvalue weighted by Gasteiger charge is 2.13. The molecule has 0 radical (unpaired) electrons. The number of halogens is 1. The van der Waals surface area contributed by atoms with Crippen LogP contribution in [-0.2, 0) is 4.79 Å². The standard InChI is InChI=1S/C12H14ClNO2/c1-3-8-14-12(15)9(2)16-11-6-4-10(13)5-7-11/h3-7,9H,1,8H2,2H3,(H,14,15)/t9-/m0/s1. The Labute approximate surface area is 100 Å². The third-order valence-corrected chi connectivity index (χ3v) is 2.17. The van der Waals surface area contributed by atoms with Crippen LogP contribution in [0.4, 0.5) is 0 Å². The minimum absolute atomic E-state index is 0.171. The molecule has 4 heteroatoms. The second-order valence-corrected chi connectivity index (χ2v) is 3.68. The smallest absolute Gasteiger partial charge is 0.261 e. The summed E-state index contributed by atoms with van der Waals surface area (Å²) in [5.74, 6) is 0.445. The molecule has 1 aromatic carbocycles. The van der Waals surface area contributed by atoms with E-state index in [1.165, 1.54) is 0 Å². The Morgan fingerprint density at radius 2 is 2.19 bits per heavy atom. The van der Waals surface area contributed by atoms with Gasteiger partial charge in [-0.25, -0.2) is 0 Å². The third-order valence-electron chi connectivity index (χ3n) is 1.92. The average Bonchev–Trinajstić information content (AvgIpc) is 2.29. The van der Waals surface area contributed by atoms with Crippen molar-refractivity contribution in [2.45, 2.75) is 13.0 Å². The van der Waals surface area contributed by atoms with E-state index in [4.69, 9.17) is 16.3 Å². The first kappa shape index (κ1) is 12.6. The van der Waals surface area contributed by atoms with Gasteiger partial charge in [0.05, 0.1) is 0 Å². The highest BCUT2D eigenvalue weighted by molar-refractivity contribution is 6.30. The van der Waals surface area contributed by atoms with Crippen LogP contribution in [-0.4, -0.2) is 18.6 Å². The Morgan fingerprint density at radius 3 is 2.75 bits per heavy atom. The maximum Gasteiger partial charge on any atom is 0.261 e. The molecule has 0 aliphatic carbocycles. The van der Waals surface area contributed by atoms with Gasteiger partial charge in [0.1, 0.15) is 5.75 Å². The Kier molecular flexibility index (Phi) is 4.86. The minimum Gasteiger partial charge on any atom is -0.481 e. The molecule has 0 bridgehead atoms. The number of rotatable bonds is 5. The van der Waals surface area contributed by atoms with Crippen molar-refractivity contribution in [1.82, 2.24) is 5.32 Å². The summed E-state index contributed by atoms with van der Waals surface area (Å²) in [6, 6.07) is 6.87. The molecular formula is C12H14ClNO2. The lowest BCUT2D eigenvalue weighted by molar-refractivity contribution is -0.127. The number of hydrogen-bond donors (Lipinski definition) is 1. The zero-order valence-corrected chi connectivity index (χ0v) is 9.83. The molecule has 0 spiro atoms. The highest BCUT2D eigenvalue weighted by atomic mass is 35.5. The number of carbonyl (C=O) groups excluding carboxylic acids is 1. The van der Waals surface area contributed by atoms with Crippen LogP contribution >= 0.6 is 11.6 Å². The lowest BCUT2D eigenvalue weighted by atomic mass is 10.3. The predicted molar refractivity (Wildman–Crippen MR) is 64.7 cm³/mol. The molecule has 1 atom stereocenters. The van der Waals surface area contributed by atoms with Crippen LogP contribution in [0.15, 0.2) is 36.9 Å². The molecule has 0 saturated heterocycles. The van der Waals surface area contributed by atoms with Gasteiger partial charge in [-0.1, -0.05) is 17.7 Å². The fourth-order valence-electron chi connectivity index (χ4n) is 1.09. The number of carbonyl (C=O) groups is 1. The quantitative estimate of drug-likeness (QED) is 0.802. The van der Waals surface area contributed by atoms with E-state index in [0.29, 0.717) is 17.3 Å². The maximum absolute atomic E-state index is 11.5. The monoisotopic (exact) mass is 239 g/mol. The van der Waals surface area contributed by atoms with Crippen molar-refractivity contribution < 1.29 is 9.53 Å². The molecule has 0 fully saturated rings. The molecule has 1 rings (SSSR count). The van der Waals surface area contributed by atoms with Gasteiger partial charge in [0.15, 0.2) is 6.10 Å². The molecule has 0 aromatic heterocycles. The number of amides is 1. The van der Waals surface area contributed by atoms with Crippen LogP contribution in [0.5, 0.6) is 5.75 Å². The molecule has 1 amide bonds. The van der Waals surface area contributed by atoms with E-state index in [-0.39, 0.29) is 5.91 Å². The number of hydrogen-bond acceptors (Lipinski definition) is 2. The van der Waals surface area contributed by atoms with E-state index in [2.05, 4.69) is 11.9 Å². The molecule has 0 unspecified atom stereocenters. The summed E-state index contributed by atoms with van der Waals surface area (Å²) in [7, 11) is 0. The molecular weight excluding hydrogens is 226 g/mol. The van der Waals surface area contributed by atoms with Crippen molar-refractivity contribution in [2.75, 3.05) is 6.54 Å². The SMILES string of the molecule is C=CCNC(=O)[C@H](C)Oc1ccc(Cl)cc1. The first-order valence-electron chi connectivity index (χ1n) is 4.94. The Bertz CT molecular complexity index is 362. The van der Waals surface area contributed by atoms with Crippen LogP contribution in [0.1, 0.15) is 6.92 Å². The van der Waals surface area contributed by atoms with Gasteiger partial charge in [-0.3, -0.25) is 4.79 Å². The average molecular weight is 240 g/mol. The Morgan fingerprint density at radius 1 is 1.56 bits per heavy atom. The van der Waals surface area contributed by atoms with E-state index in [9.17, 15) is 4.79 Å². The normalized spacial score (nSPS) is 11.6. The lowest BCUT2D eigenvalue weighted by Crippen LogP contribution is -2.36. The van der Waals surface area contributed by atoms with Crippen molar-refractivity contribution in [3.63, 3.8) is 0 Å². The summed E-state index contributed by atoms with van der Waals surface area (Å²) >= 11 is 5.73. The van der Waals surface area contributed by atoms with Gasteiger partial charge < -0.3 is 10.1 Å². The van der Waals surface area contributed by atoms with Gasteiger partial charge in [-0.2, -0.15) is 0 Å². The summed E-state index contributed by atoms with van der Waals surface area (Å²) in [4.78, 5) is 11.5. The number of benzene rings is 1. The molecule has 1 N–H and O–H groups in total.